The molecule has 0 aromatic carbocycles. The molecule has 1 atom stereocenters. The second kappa shape index (κ2) is 7.83. The Kier molecular flexibility index (Phi) is 5.26. The van der Waals surface area contributed by atoms with E-state index in [0.29, 0.717) is 12.5 Å². The van der Waals surface area contributed by atoms with Crippen LogP contribution in [-0.2, 0) is 0 Å². The van der Waals surface area contributed by atoms with Crippen LogP contribution in [0.4, 0.5) is 0 Å². The molecule has 3 aromatic heterocycles. The summed E-state index contributed by atoms with van der Waals surface area (Å²) in [4.78, 5) is 29.2. The van der Waals surface area contributed by atoms with Crippen LogP contribution < -0.4 is 0 Å². The van der Waals surface area contributed by atoms with Crippen molar-refractivity contribution in [1.82, 2.24) is 24.4 Å². The number of rotatable bonds is 4. The van der Waals surface area contributed by atoms with E-state index in [9.17, 15) is 4.79 Å². The number of thiazole rings is 1. The molecule has 1 aliphatic rings. The number of hydrogen-bond acceptors (Lipinski definition) is 5. The van der Waals surface area contributed by atoms with Crippen LogP contribution in [0.3, 0.4) is 0 Å². The Bertz CT molecular complexity index is 977. The third-order valence-electron chi connectivity index (χ3n) is 5.26. The van der Waals surface area contributed by atoms with E-state index in [0.717, 1.165) is 47.3 Å². The van der Waals surface area contributed by atoms with Crippen molar-refractivity contribution < 1.29 is 4.79 Å². The number of aromatic nitrogens is 4. The van der Waals surface area contributed by atoms with Crippen LogP contribution in [0.25, 0.3) is 5.82 Å². The van der Waals surface area contributed by atoms with Crippen LogP contribution in [0, 0.1) is 6.92 Å². The predicted octanol–water partition coefficient (Wildman–Crippen LogP) is 4.18. The predicted molar refractivity (Wildman–Crippen MR) is 110 cm³/mol. The maximum Gasteiger partial charge on any atom is 0.265 e. The lowest BCUT2D eigenvalue weighted by atomic mass is 9.94. The van der Waals surface area contributed by atoms with E-state index in [1.54, 1.807) is 5.51 Å². The van der Waals surface area contributed by atoms with Crippen LogP contribution >= 0.6 is 11.3 Å². The highest BCUT2D eigenvalue weighted by molar-refractivity contribution is 7.11. The molecule has 1 amide bonds. The summed E-state index contributed by atoms with van der Waals surface area (Å²) in [5, 5.41) is 0. The van der Waals surface area contributed by atoms with Crippen LogP contribution in [0.5, 0.6) is 0 Å². The lowest BCUT2D eigenvalue weighted by Crippen LogP contribution is -2.39. The summed E-state index contributed by atoms with van der Waals surface area (Å²) in [6.45, 7) is 7.66. The van der Waals surface area contributed by atoms with Gasteiger partial charge in [-0.3, -0.25) is 9.36 Å². The molecule has 0 radical (unpaired) electrons. The number of imidazole rings is 1. The zero-order valence-electron chi connectivity index (χ0n) is 16.5. The Morgan fingerprint density at radius 2 is 2.14 bits per heavy atom. The van der Waals surface area contributed by atoms with Crippen LogP contribution in [0.15, 0.2) is 36.1 Å². The molecule has 6 nitrogen and oxygen atoms in total. The molecule has 28 heavy (non-hydrogen) atoms. The molecule has 0 saturated carbocycles. The molecule has 1 fully saturated rings. The summed E-state index contributed by atoms with van der Waals surface area (Å²) < 4.78 is 2.06. The van der Waals surface area contributed by atoms with Gasteiger partial charge in [-0.15, -0.1) is 11.3 Å². The molecule has 0 bridgehead atoms. The lowest BCUT2D eigenvalue weighted by Gasteiger charge is -2.32. The number of likely N-dealkylation sites (tertiary alicyclic amines) is 1. The molecule has 1 aliphatic heterocycles. The number of amides is 1. The summed E-state index contributed by atoms with van der Waals surface area (Å²) in [7, 11) is 0. The topological polar surface area (TPSA) is 63.9 Å². The number of piperidine rings is 1. The molecular weight excluding hydrogens is 370 g/mol. The Labute approximate surface area is 169 Å². The Morgan fingerprint density at radius 1 is 1.29 bits per heavy atom. The zero-order valence-corrected chi connectivity index (χ0v) is 17.3. The van der Waals surface area contributed by atoms with Gasteiger partial charge in [-0.05, 0) is 31.9 Å². The second-order valence-corrected chi connectivity index (χ2v) is 8.44. The maximum atomic E-state index is 12.9. The number of aryl methyl sites for hydroxylation is 1. The van der Waals surface area contributed by atoms with Gasteiger partial charge in [0, 0.05) is 43.0 Å². The quantitative estimate of drug-likeness (QED) is 0.665. The minimum atomic E-state index is 0.0950. The van der Waals surface area contributed by atoms with E-state index in [2.05, 4.69) is 40.5 Å². The van der Waals surface area contributed by atoms with E-state index in [-0.39, 0.29) is 11.8 Å². The maximum absolute atomic E-state index is 12.9. The van der Waals surface area contributed by atoms with Gasteiger partial charge in [-0.1, -0.05) is 19.9 Å². The van der Waals surface area contributed by atoms with E-state index in [1.807, 2.05) is 30.3 Å². The molecule has 0 spiro atoms. The summed E-state index contributed by atoms with van der Waals surface area (Å²) in [6, 6.07) is 6.14. The first kappa shape index (κ1) is 18.8. The molecule has 4 rings (SSSR count). The normalized spacial score (nSPS) is 17.3. The summed E-state index contributed by atoms with van der Waals surface area (Å²) in [5.74, 6) is 2.56. The van der Waals surface area contributed by atoms with Gasteiger partial charge in [-0.2, -0.15) is 0 Å². The Hall–Kier alpha value is -2.54. The molecule has 4 heterocycles. The van der Waals surface area contributed by atoms with E-state index >= 15 is 0 Å². The third-order valence-corrected chi connectivity index (χ3v) is 6.17. The highest BCUT2D eigenvalue weighted by atomic mass is 32.1. The number of pyridine rings is 1. The summed E-state index contributed by atoms with van der Waals surface area (Å²) in [6.07, 6.45) is 5.82. The first-order valence-electron chi connectivity index (χ1n) is 9.74. The SMILES string of the molecule is Cc1ncsc1C(=O)N1CCC[C@H](c2cccc(-n3ccnc3C(C)C)n2)C1. The van der Waals surface area contributed by atoms with E-state index < -0.39 is 0 Å². The van der Waals surface area contributed by atoms with E-state index in [1.165, 1.54) is 11.3 Å². The van der Waals surface area contributed by atoms with Gasteiger partial charge in [0.05, 0.1) is 11.2 Å². The molecule has 146 valence electrons. The van der Waals surface area contributed by atoms with Gasteiger partial charge < -0.3 is 4.90 Å². The van der Waals surface area contributed by atoms with Crippen molar-refractivity contribution in [2.45, 2.75) is 45.4 Å². The Morgan fingerprint density at radius 3 is 2.89 bits per heavy atom. The third kappa shape index (κ3) is 3.58. The highest BCUT2D eigenvalue weighted by Crippen LogP contribution is 2.28. The van der Waals surface area contributed by atoms with Crippen LogP contribution in [0.1, 0.15) is 65.4 Å². The lowest BCUT2D eigenvalue weighted by molar-refractivity contribution is 0.0710. The van der Waals surface area contributed by atoms with Gasteiger partial charge in [0.25, 0.3) is 5.91 Å². The molecule has 7 heteroatoms. The average molecular weight is 396 g/mol. The van der Waals surface area contributed by atoms with Crippen molar-refractivity contribution in [3.8, 4) is 5.82 Å². The van der Waals surface area contributed by atoms with Gasteiger partial charge >= 0.3 is 0 Å². The fraction of sp³-hybridized carbons (Fsp3) is 0.429. The summed E-state index contributed by atoms with van der Waals surface area (Å²) in [5.41, 5.74) is 3.60. The van der Waals surface area contributed by atoms with Crippen molar-refractivity contribution >= 4 is 17.2 Å². The molecular formula is C21H25N5OS. The van der Waals surface area contributed by atoms with Gasteiger partial charge in [0.2, 0.25) is 0 Å². The minimum absolute atomic E-state index is 0.0950. The number of hydrogen-bond donors (Lipinski definition) is 0. The molecule has 0 N–H and O–H groups in total. The number of carbonyl (C=O) groups excluding carboxylic acids is 1. The zero-order chi connectivity index (χ0) is 19.7. The van der Waals surface area contributed by atoms with Crippen LogP contribution in [-0.4, -0.2) is 43.4 Å². The van der Waals surface area contributed by atoms with Crippen molar-refractivity contribution in [3.63, 3.8) is 0 Å². The van der Waals surface area contributed by atoms with Crippen molar-refractivity contribution in [3.05, 3.63) is 58.2 Å². The van der Waals surface area contributed by atoms with Gasteiger partial charge in [-0.25, -0.2) is 15.0 Å². The van der Waals surface area contributed by atoms with Gasteiger partial charge in [0.1, 0.15) is 16.5 Å². The van der Waals surface area contributed by atoms with Gasteiger partial charge in [0.15, 0.2) is 0 Å². The van der Waals surface area contributed by atoms with E-state index in [4.69, 9.17) is 4.98 Å². The Balaban J connectivity index is 1.57. The molecule has 0 unspecified atom stereocenters. The summed E-state index contributed by atoms with van der Waals surface area (Å²) >= 11 is 1.43. The van der Waals surface area contributed by atoms with Crippen molar-refractivity contribution in [2.24, 2.45) is 0 Å². The fourth-order valence-corrected chi connectivity index (χ4v) is 4.56. The molecule has 3 aromatic rings. The van der Waals surface area contributed by atoms with Crippen molar-refractivity contribution in [2.75, 3.05) is 13.1 Å². The van der Waals surface area contributed by atoms with Crippen LogP contribution in [0.2, 0.25) is 0 Å². The standard InChI is InChI=1S/C21H25N5OS/c1-14(2)20-22-9-11-26(20)18-8-4-7-17(24-18)16-6-5-10-25(12-16)21(27)19-15(3)23-13-28-19/h4,7-9,11,13-14,16H,5-6,10,12H2,1-3H3/t16-/m0/s1. The first-order valence-corrected chi connectivity index (χ1v) is 10.6. The molecule has 1 saturated heterocycles. The molecule has 0 aliphatic carbocycles. The first-order chi connectivity index (χ1) is 13.5. The highest BCUT2D eigenvalue weighted by Gasteiger charge is 2.28. The second-order valence-electron chi connectivity index (χ2n) is 7.59. The number of carbonyl (C=O) groups is 1. The largest absolute Gasteiger partial charge is 0.337 e. The smallest absolute Gasteiger partial charge is 0.265 e. The number of nitrogens with zero attached hydrogens (tertiary/aromatic N) is 5. The minimum Gasteiger partial charge on any atom is -0.337 e. The monoisotopic (exact) mass is 395 g/mol. The van der Waals surface area contributed by atoms with Crippen molar-refractivity contribution in [1.29, 1.82) is 0 Å². The fourth-order valence-electron chi connectivity index (χ4n) is 3.79. The average Bonchev–Trinajstić information content (AvgIpc) is 3.37.